The van der Waals surface area contributed by atoms with Gasteiger partial charge >= 0.3 is 0 Å². The van der Waals surface area contributed by atoms with E-state index in [0.29, 0.717) is 27.2 Å². The van der Waals surface area contributed by atoms with E-state index in [1.165, 1.54) is 0 Å². The predicted molar refractivity (Wildman–Crippen MR) is 116 cm³/mol. The monoisotopic (exact) mass is 422 g/mol. The fourth-order valence-electron chi connectivity index (χ4n) is 2.79. The third-order valence-electron chi connectivity index (χ3n) is 4.27. The molecule has 5 nitrogen and oxygen atoms in total. The summed E-state index contributed by atoms with van der Waals surface area (Å²) in [6.07, 6.45) is 0. The quantitative estimate of drug-likeness (QED) is 0.332. The molecule has 1 heterocycles. The summed E-state index contributed by atoms with van der Waals surface area (Å²) in [7, 11) is -2.20. The SMILES string of the molecule is Cc1ccc(Oc2nc3cc(Cl)c(C#Cc4ccccc4)cc3[nH]2)cc1P(O)O. The summed E-state index contributed by atoms with van der Waals surface area (Å²) in [5.74, 6) is 6.63. The number of aromatic amines is 1. The summed E-state index contributed by atoms with van der Waals surface area (Å²) >= 11 is 6.36. The molecule has 1 aromatic heterocycles. The summed E-state index contributed by atoms with van der Waals surface area (Å²) in [4.78, 5) is 26.5. The number of hydrogen-bond donors (Lipinski definition) is 3. The minimum atomic E-state index is -2.20. The standard InChI is InChI=1S/C22H16ClN2O3P/c1-14-7-10-17(12-21(14)29(26)27)28-22-24-19-11-16(18(23)13-20(19)25-22)9-8-15-5-3-2-4-6-15/h2-7,10-13,26-27H,1H3,(H,24,25). The van der Waals surface area contributed by atoms with E-state index in [1.807, 2.05) is 43.3 Å². The van der Waals surface area contributed by atoms with Gasteiger partial charge in [0.15, 0.2) is 8.38 Å². The van der Waals surface area contributed by atoms with Crippen LogP contribution in [0.3, 0.4) is 0 Å². The Morgan fingerprint density at radius 3 is 2.59 bits per heavy atom. The lowest BCUT2D eigenvalue weighted by Crippen LogP contribution is -2.05. The molecule has 0 saturated heterocycles. The zero-order valence-electron chi connectivity index (χ0n) is 15.3. The molecule has 4 rings (SSSR count). The fraction of sp³-hybridized carbons (Fsp3) is 0.0455. The van der Waals surface area contributed by atoms with Crippen LogP contribution in [0.15, 0.2) is 60.7 Å². The van der Waals surface area contributed by atoms with Gasteiger partial charge in [-0.2, -0.15) is 4.98 Å². The lowest BCUT2D eigenvalue weighted by Gasteiger charge is -2.09. The zero-order valence-corrected chi connectivity index (χ0v) is 17.0. The van der Waals surface area contributed by atoms with Crippen LogP contribution in [0.4, 0.5) is 0 Å². The van der Waals surface area contributed by atoms with Crippen molar-refractivity contribution in [1.82, 2.24) is 9.97 Å². The van der Waals surface area contributed by atoms with Crippen LogP contribution in [0, 0.1) is 18.8 Å². The molecule has 4 aromatic rings. The van der Waals surface area contributed by atoms with Gasteiger partial charge in [0, 0.05) is 16.4 Å². The van der Waals surface area contributed by atoms with Crippen LogP contribution >= 0.6 is 20.0 Å². The summed E-state index contributed by atoms with van der Waals surface area (Å²) in [6.45, 7) is 1.81. The number of nitrogens with zero attached hydrogens (tertiary/aromatic N) is 1. The Balaban J connectivity index is 1.63. The van der Waals surface area contributed by atoms with E-state index < -0.39 is 8.38 Å². The number of hydrogen-bond acceptors (Lipinski definition) is 4. The molecule has 0 bridgehead atoms. The average Bonchev–Trinajstić information content (AvgIpc) is 3.09. The molecule has 0 fully saturated rings. The molecule has 0 atom stereocenters. The molecule has 7 heteroatoms. The van der Waals surface area contributed by atoms with E-state index in [0.717, 1.165) is 16.6 Å². The van der Waals surface area contributed by atoms with E-state index in [1.54, 1.807) is 24.3 Å². The van der Waals surface area contributed by atoms with Crippen molar-refractivity contribution >= 4 is 36.3 Å². The number of benzene rings is 3. The van der Waals surface area contributed by atoms with Crippen LogP contribution < -0.4 is 10.0 Å². The largest absolute Gasteiger partial charge is 0.426 e. The van der Waals surface area contributed by atoms with E-state index in [-0.39, 0.29) is 6.01 Å². The van der Waals surface area contributed by atoms with Gasteiger partial charge in [-0.05, 0) is 48.9 Å². The molecule has 0 unspecified atom stereocenters. The first-order valence-corrected chi connectivity index (χ1v) is 10.3. The number of nitrogens with one attached hydrogen (secondary N) is 1. The van der Waals surface area contributed by atoms with Crippen molar-refractivity contribution in [2.75, 3.05) is 0 Å². The topological polar surface area (TPSA) is 78.4 Å². The third kappa shape index (κ3) is 4.42. The summed E-state index contributed by atoms with van der Waals surface area (Å²) in [5, 5.41) is 0.943. The van der Waals surface area contributed by atoms with Crippen LogP contribution in [0.1, 0.15) is 16.7 Å². The molecule has 144 valence electrons. The van der Waals surface area contributed by atoms with E-state index in [4.69, 9.17) is 16.3 Å². The van der Waals surface area contributed by atoms with Gasteiger partial charge in [0.2, 0.25) is 0 Å². The van der Waals surface area contributed by atoms with Crippen molar-refractivity contribution in [3.8, 4) is 23.6 Å². The van der Waals surface area contributed by atoms with Crippen molar-refractivity contribution in [2.45, 2.75) is 6.92 Å². The molecule has 3 aromatic carbocycles. The van der Waals surface area contributed by atoms with Crippen molar-refractivity contribution in [1.29, 1.82) is 0 Å². The second-order valence-electron chi connectivity index (χ2n) is 6.35. The fourth-order valence-corrected chi connectivity index (χ4v) is 3.63. The van der Waals surface area contributed by atoms with Gasteiger partial charge in [-0.25, -0.2) is 0 Å². The zero-order chi connectivity index (χ0) is 20.4. The second kappa shape index (κ2) is 8.24. The molecular weight excluding hydrogens is 407 g/mol. The predicted octanol–water partition coefficient (Wildman–Crippen LogP) is 4.64. The molecule has 3 N–H and O–H groups in total. The number of fused-ring (bicyclic) bond motifs is 1. The molecule has 0 aliphatic carbocycles. The Bertz CT molecular complexity index is 1240. The lowest BCUT2D eigenvalue weighted by atomic mass is 10.1. The number of aryl methyl sites for hydroxylation is 1. The highest BCUT2D eigenvalue weighted by molar-refractivity contribution is 7.54. The van der Waals surface area contributed by atoms with E-state index in [9.17, 15) is 9.79 Å². The number of H-pyrrole nitrogens is 1. The Kier molecular flexibility index (Phi) is 5.53. The van der Waals surface area contributed by atoms with Crippen LogP contribution in [-0.4, -0.2) is 19.8 Å². The minimum Gasteiger partial charge on any atom is -0.426 e. The molecule has 0 spiro atoms. The van der Waals surface area contributed by atoms with Gasteiger partial charge < -0.3 is 19.5 Å². The highest BCUT2D eigenvalue weighted by Gasteiger charge is 2.12. The number of ether oxygens (including phenoxy) is 1. The smallest absolute Gasteiger partial charge is 0.300 e. The normalized spacial score (nSPS) is 10.8. The van der Waals surface area contributed by atoms with Crippen molar-refractivity contribution < 1.29 is 14.5 Å². The molecule has 0 radical (unpaired) electrons. The van der Waals surface area contributed by atoms with Crippen LogP contribution in [0.2, 0.25) is 5.02 Å². The number of aromatic nitrogens is 2. The van der Waals surface area contributed by atoms with Gasteiger partial charge in [0.1, 0.15) is 5.75 Å². The van der Waals surface area contributed by atoms with Crippen LogP contribution in [-0.2, 0) is 0 Å². The first-order valence-electron chi connectivity index (χ1n) is 8.72. The Morgan fingerprint density at radius 2 is 1.83 bits per heavy atom. The number of rotatable bonds is 3. The highest BCUT2D eigenvalue weighted by Crippen LogP contribution is 2.29. The maximum absolute atomic E-state index is 9.52. The Morgan fingerprint density at radius 1 is 1.03 bits per heavy atom. The molecular formula is C22H16ClN2O3P. The molecule has 0 amide bonds. The van der Waals surface area contributed by atoms with E-state index in [2.05, 4.69) is 21.8 Å². The molecule has 0 saturated carbocycles. The molecule has 0 aliphatic rings. The van der Waals surface area contributed by atoms with Gasteiger partial charge in [-0.15, -0.1) is 0 Å². The van der Waals surface area contributed by atoms with Gasteiger partial charge in [-0.1, -0.05) is 47.7 Å². The van der Waals surface area contributed by atoms with Crippen LogP contribution in [0.25, 0.3) is 11.0 Å². The summed E-state index contributed by atoms with van der Waals surface area (Å²) < 4.78 is 5.76. The minimum absolute atomic E-state index is 0.277. The summed E-state index contributed by atoms with van der Waals surface area (Å²) in [6, 6.07) is 18.6. The Labute approximate surface area is 173 Å². The third-order valence-corrected chi connectivity index (χ3v) is 5.50. The first kappa shape index (κ1) is 19.4. The van der Waals surface area contributed by atoms with Crippen molar-refractivity contribution in [3.63, 3.8) is 0 Å². The van der Waals surface area contributed by atoms with Gasteiger partial charge in [0.25, 0.3) is 6.01 Å². The van der Waals surface area contributed by atoms with Gasteiger partial charge in [-0.3, -0.25) is 0 Å². The second-order valence-corrected chi connectivity index (χ2v) is 7.81. The Hall–Kier alpha value is -2.87. The highest BCUT2D eigenvalue weighted by atomic mass is 35.5. The molecule has 0 aliphatic heterocycles. The van der Waals surface area contributed by atoms with E-state index >= 15 is 0 Å². The van der Waals surface area contributed by atoms with Crippen molar-refractivity contribution in [3.05, 3.63) is 82.4 Å². The maximum Gasteiger partial charge on any atom is 0.300 e. The molecule has 29 heavy (non-hydrogen) atoms. The summed E-state index contributed by atoms with van der Waals surface area (Å²) in [5.41, 5.74) is 3.75. The van der Waals surface area contributed by atoms with Crippen LogP contribution in [0.5, 0.6) is 11.8 Å². The maximum atomic E-state index is 9.52. The van der Waals surface area contributed by atoms with Gasteiger partial charge in [0.05, 0.1) is 16.1 Å². The number of imidazole rings is 1. The first-order chi connectivity index (χ1) is 14.0. The number of halogens is 1. The van der Waals surface area contributed by atoms with Crippen molar-refractivity contribution in [2.24, 2.45) is 0 Å². The average molecular weight is 423 g/mol. The lowest BCUT2D eigenvalue weighted by molar-refractivity contribution is 0.449.